The van der Waals surface area contributed by atoms with Crippen LogP contribution in [0.4, 0.5) is 14.7 Å². The topological polar surface area (TPSA) is 124 Å². The number of methoxy groups -OCH3 is 2. The summed E-state index contributed by atoms with van der Waals surface area (Å²) in [6, 6.07) is 0.365. The van der Waals surface area contributed by atoms with Crippen LogP contribution in [0, 0.1) is 0 Å². The molecule has 0 spiro atoms. The summed E-state index contributed by atoms with van der Waals surface area (Å²) in [6.07, 6.45) is 4.28. The van der Waals surface area contributed by atoms with Gasteiger partial charge in [-0.25, -0.2) is 18.7 Å². The van der Waals surface area contributed by atoms with Gasteiger partial charge in [-0.05, 0) is 19.1 Å². The van der Waals surface area contributed by atoms with Crippen molar-refractivity contribution >= 4 is 46.8 Å². The van der Waals surface area contributed by atoms with E-state index in [2.05, 4.69) is 27.2 Å². The van der Waals surface area contributed by atoms with Crippen LogP contribution < -0.4 is 25.8 Å². The highest BCUT2D eigenvalue weighted by atomic mass is 35.5. The number of aromatic nitrogens is 2. The first kappa shape index (κ1) is 29.8. The summed E-state index contributed by atoms with van der Waals surface area (Å²) in [6.45, 7) is 5.03. The number of amides is 1. The quantitative estimate of drug-likeness (QED) is 0.351. The molecule has 40 heavy (non-hydrogen) atoms. The molecule has 1 amide bonds. The number of halogens is 4. The van der Waals surface area contributed by atoms with Gasteiger partial charge in [0.05, 0.1) is 74.4 Å². The fourth-order valence-corrected chi connectivity index (χ4v) is 5.26. The molecule has 2 aliphatic rings. The number of benzene rings is 1. The van der Waals surface area contributed by atoms with Crippen molar-refractivity contribution in [2.45, 2.75) is 31.0 Å². The predicted molar refractivity (Wildman–Crippen MR) is 149 cm³/mol. The zero-order chi connectivity index (χ0) is 29.2. The van der Waals surface area contributed by atoms with E-state index in [1.807, 2.05) is 0 Å². The maximum atomic E-state index is 13.7. The number of ether oxygens (including phenoxy) is 3. The Morgan fingerprint density at radius 2 is 1.88 bits per heavy atom. The molecule has 0 radical (unpaired) electrons. The molecule has 1 aromatic carbocycles. The van der Waals surface area contributed by atoms with Crippen LogP contribution in [0.5, 0.6) is 11.5 Å². The number of nitrogens with two attached hydrogens (primary N) is 1. The molecule has 0 bridgehead atoms. The number of hydrogen-bond acceptors (Lipinski definition) is 9. The second-order valence-corrected chi connectivity index (χ2v) is 10.2. The molecule has 0 aliphatic carbocycles. The second kappa shape index (κ2) is 12.1. The number of hydrogen-bond donors (Lipinski definition) is 3. The van der Waals surface area contributed by atoms with Gasteiger partial charge in [0.2, 0.25) is 11.9 Å². The maximum absolute atomic E-state index is 13.7. The second-order valence-electron chi connectivity index (χ2n) is 9.46. The molecule has 3 atom stereocenters. The Kier molecular flexibility index (Phi) is 9.03. The van der Waals surface area contributed by atoms with Crippen LogP contribution in [0.2, 0.25) is 10.0 Å². The Labute approximate surface area is 240 Å². The third-order valence-electron chi connectivity index (χ3n) is 6.74. The summed E-state index contributed by atoms with van der Waals surface area (Å²) >= 11 is 13.1. The molecule has 0 saturated carbocycles. The lowest BCUT2D eigenvalue weighted by Crippen LogP contribution is -2.56. The van der Waals surface area contributed by atoms with E-state index >= 15 is 0 Å². The van der Waals surface area contributed by atoms with E-state index in [0.29, 0.717) is 36.0 Å². The normalized spacial score (nSPS) is 21.3. The van der Waals surface area contributed by atoms with Crippen LogP contribution in [0.15, 0.2) is 24.9 Å². The molecule has 2 saturated heterocycles. The Balaban J connectivity index is 1.71. The van der Waals surface area contributed by atoms with Crippen molar-refractivity contribution in [1.29, 1.82) is 0 Å². The van der Waals surface area contributed by atoms with E-state index in [0.717, 1.165) is 0 Å². The predicted octanol–water partition coefficient (Wildman–Crippen LogP) is 3.75. The molecular weight excluding hydrogens is 569 g/mol. The van der Waals surface area contributed by atoms with Crippen LogP contribution in [0.3, 0.4) is 0 Å². The molecule has 2 aliphatic heterocycles. The van der Waals surface area contributed by atoms with Crippen LogP contribution in [0.1, 0.15) is 29.8 Å². The first-order valence-corrected chi connectivity index (χ1v) is 13.1. The fourth-order valence-electron chi connectivity index (χ4n) is 4.54. The molecule has 1 aromatic heterocycles. The molecule has 4 N–H and O–H groups in total. The lowest BCUT2D eigenvalue weighted by Gasteiger charge is -2.42. The summed E-state index contributed by atoms with van der Waals surface area (Å²) in [5, 5.41) is 6.33. The number of rotatable bonds is 10. The van der Waals surface area contributed by atoms with Crippen LogP contribution >= 0.6 is 23.2 Å². The van der Waals surface area contributed by atoms with Gasteiger partial charge < -0.3 is 30.6 Å². The lowest BCUT2D eigenvalue weighted by molar-refractivity contribution is -0.145. The number of anilines is 1. The van der Waals surface area contributed by atoms with E-state index in [-0.39, 0.29) is 45.2 Å². The Morgan fingerprint density at radius 3 is 2.45 bits per heavy atom. The largest absolute Gasteiger partial charge is 0.495 e. The van der Waals surface area contributed by atoms with Crippen molar-refractivity contribution in [2.24, 2.45) is 5.73 Å². The molecule has 10 nitrogen and oxygen atoms in total. The number of carbonyl (C=O) groups excluding carboxylic acids is 1. The first-order valence-electron chi connectivity index (χ1n) is 12.3. The highest BCUT2D eigenvalue weighted by Crippen LogP contribution is 2.43. The number of likely N-dealkylation sites (tertiary alicyclic amines) is 1. The van der Waals surface area contributed by atoms with Gasteiger partial charge in [-0.15, -0.1) is 0 Å². The van der Waals surface area contributed by atoms with Crippen molar-refractivity contribution < 1.29 is 27.8 Å². The van der Waals surface area contributed by atoms with Crippen molar-refractivity contribution in [3.05, 3.63) is 51.8 Å². The van der Waals surface area contributed by atoms with Gasteiger partial charge in [0, 0.05) is 29.1 Å². The van der Waals surface area contributed by atoms with E-state index in [4.69, 9.17) is 43.1 Å². The third kappa shape index (κ3) is 6.25. The van der Waals surface area contributed by atoms with E-state index < -0.39 is 25.1 Å². The Bertz CT molecular complexity index is 1290. The minimum absolute atomic E-state index is 0.162. The van der Waals surface area contributed by atoms with Crippen LogP contribution in [0.25, 0.3) is 11.8 Å². The summed E-state index contributed by atoms with van der Waals surface area (Å²) in [4.78, 5) is 22.5. The number of carbonyl (C=O) groups is 1. The van der Waals surface area contributed by atoms with E-state index in [9.17, 15) is 13.6 Å². The molecule has 3 heterocycles. The average molecular weight is 599 g/mol. The molecule has 2 fully saturated rings. The number of nitrogens with one attached hydrogen (secondary N) is 2. The molecule has 2 aromatic rings. The van der Waals surface area contributed by atoms with Gasteiger partial charge in [0.1, 0.15) is 11.5 Å². The zero-order valence-electron chi connectivity index (χ0n) is 22.1. The molecule has 1 unspecified atom stereocenters. The highest BCUT2D eigenvalue weighted by Gasteiger charge is 2.46. The van der Waals surface area contributed by atoms with Gasteiger partial charge in [-0.2, -0.15) is 0 Å². The maximum Gasteiger partial charge on any atom is 0.272 e. The fraction of sp³-hybridized carbons (Fsp3) is 0.423. The van der Waals surface area contributed by atoms with Crippen molar-refractivity contribution in [3.63, 3.8) is 0 Å². The molecule has 216 valence electrons. The smallest absolute Gasteiger partial charge is 0.272 e. The van der Waals surface area contributed by atoms with Crippen molar-refractivity contribution in [1.82, 2.24) is 20.2 Å². The first-order chi connectivity index (χ1) is 19.0. The van der Waals surface area contributed by atoms with Crippen LogP contribution in [-0.4, -0.2) is 79.3 Å². The van der Waals surface area contributed by atoms with Gasteiger partial charge in [0.25, 0.3) is 5.92 Å². The monoisotopic (exact) mass is 598 g/mol. The van der Waals surface area contributed by atoms with Gasteiger partial charge in [0.15, 0.2) is 0 Å². The highest BCUT2D eigenvalue weighted by molar-refractivity contribution is 6.39. The van der Waals surface area contributed by atoms with Gasteiger partial charge in [-0.1, -0.05) is 29.8 Å². The Morgan fingerprint density at radius 1 is 1.25 bits per heavy atom. The number of alkyl halides is 2. The SMILES string of the molecule is C=CC(=O)N[C@H]1COC[C@H]1Nc1ncc(/C=C(\N)c2c(Cl)c(OC)cc(OC)c2Cl)c(C(C)N2CC(F)(F)C2)n1. The van der Waals surface area contributed by atoms with Crippen LogP contribution in [-0.2, 0) is 9.53 Å². The zero-order valence-corrected chi connectivity index (χ0v) is 23.7. The summed E-state index contributed by atoms with van der Waals surface area (Å²) < 4.78 is 43.6. The minimum atomic E-state index is -2.77. The lowest BCUT2D eigenvalue weighted by atomic mass is 10.0. The standard InChI is InChI=1S/C26H30Cl2F2N6O4/c1-5-20(37)33-16-9-40-10-17(16)34-25-32-8-14(24(35-25)13(2)36-11-26(29,30)12-36)6-15(31)21-22(27)18(38-3)7-19(39-4)23(21)28/h5-8,13,16-17H,1,9-12,31H2,2-4H3,(H,33,37)(H,32,34,35)/b15-6-/t13?,16-,17+/m0/s1. The van der Waals surface area contributed by atoms with Gasteiger partial charge in [-0.3, -0.25) is 9.69 Å². The van der Waals surface area contributed by atoms with Crippen molar-refractivity contribution in [3.8, 4) is 11.5 Å². The average Bonchev–Trinajstić information content (AvgIpc) is 3.33. The summed E-state index contributed by atoms with van der Waals surface area (Å²) in [5.74, 6) is -2.26. The van der Waals surface area contributed by atoms with Crippen molar-refractivity contribution in [2.75, 3.05) is 45.8 Å². The minimum Gasteiger partial charge on any atom is -0.495 e. The van der Waals surface area contributed by atoms with Gasteiger partial charge >= 0.3 is 0 Å². The third-order valence-corrected chi connectivity index (χ3v) is 7.49. The molecule has 14 heteroatoms. The summed E-state index contributed by atoms with van der Waals surface area (Å²) in [5.41, 5.74) is 7.83. The Hall–Kier alpha value is -3.19. The summed E-state index contributed by atoms with van der Waals surface area (Å²) in [7, 11) is 2.90. The number of nitrogens with zero attached hydrogens (tertiary/aromatic N) is 3. The van der Waals surface area contributed by atoms with E-state index in [1.54, 1.807) is 24.0 Å². The van der Waals surface area contributed by atoms with E-state index in [1.165, 1.54) is 26.5 Å². The molecular formula is C26H30Cl2F2N6O4. The molecule has 4 rings (SSSR count).